The number of imide groups is 1. The van der Waals surface area contributed by atoms with E-state index in [4.69, 9.17) is 4.74 Å². The van der Waals surface area contributed by atoms with E-state index in [0.717, 1.165) is 17.1 Å². The minimum Gasteiger partial charge on any atom is -0.464 e. The third-order valence-corrected chi connectivity index (χ3v) is 1.77. The van der Waals surface area contributed by atoms with Gasteiger partial charge in [-0.05, 0) is 5.92 Å². The molecule has 0 saturated carbocycles. The van der Waals surface area contributed by atoms with Crippen molar-refractivity contribution in [3.8, 4) is 0 Å². The molecule has 1 rings (SSSR count). The quantitative estimate of drug-likeness (QED) is 0.489. The fourth-order valence-corrected chi connectivity index (χ4v) is 1.02. The smallest absolute Gasteiger partial charge is 0.326 e. The van der Waals surface area contributed by atoms with Crippen LogP contribution in [0.5, 0.6) is 0 Å². The van der Waals surface area contributed by atoms with Crippen LogP contribution in [-0.4, -0.2) is 35.8 Å². The van der Waals surface area contributed by atoms with Gasteiger partial charge < -0.3 is 4.74 Å². The van der Waals surface area contributed by atoms with Crippen molar-refractivity contribution in [3.05, 3.63) is 12.2 Å². The van der Waals surface area contributed by atoms with E-state index in [1.807, 2.05) is 13.8 Å². The first kappa shape index (κ1) is 11.4. The summed E-state index contributed by atoms with van der Waals surface area (Å²) >= 11 is 0. The van der Waals surface area contributed by atoms with E-state index in [9.17, 15) is 14.4 Å². The summed E-state index contributed by atoms with van der Waals surface area (Å²) in [5.41, 5.74) is 0. The summed E-state index contributed by atoms with van der Waals surface area (Å²) in [6.07, 6.45) is 2.27. The lowest BCUT2D eigenvalue weighted by molar-refractivity contribution is -0.152. The van der Waals surface area contributed by atoms with Gasteiger partial charge in [-0.25, -0.2) is 0 Å². The molecule has 0 aromatic rings. The zero-order valence-corrected chi connectivity index (χ0v) is 8.73. The van der Waals surface area contributed by atoms with E-state index in [1.165, 1.54) is 0 Å². The number of esters is 1. The lowest BCUT2D eigenvalue weighted by atomic mass is 10.2. The highest BCUT2D eigenvalue weighted by molar-refractivity contribution is 6.14. The molecule has 1 aliphatic heterocycles. The third-order valence-electron chi connectivity index (χ3n) is 1.77. The Morgan fingerprint density at radius 1 is 1.33 bits per heavy atom. The molecular formula is C10H13NO4. The predicted molar refractivity (Wildman–Crippen MR) is 51.7 cm³/mol. The normalized spacial score (nSPS) is 15.3. The van der Waals surface area contributed by atoms with Crippen LogP contribution in [0, 0.1) is 5.92 Å². The van der Waals surface area contributed by atoms with Crippen LogP contribution in [0.25, 0.3) is 0 Å². The molecular weight excluding hydrogens is 198 g/mol. The highest BCUT2D eigenvalue weighted by Crippen LogP contribution is 2.03. The standard InChI is InChI=1S/C10H13NO4/c1-7(2)6-15-10(14)5-11-8(12)3-4-9(11)13/h3-4,7H,5-6H2,1-2H3. The van der Waals surface area contributed by atoms with Crippen LogP contribution in [-0.2, 0) is 19.1 Å². The molecule has 0 atom stereocenters. The molecule has 0 aliphatic carbocycles. The van der Waals surface area contributed by atoms with Gasteiger partial charge in [-0.3, -0.25) is 19.3 Å². The molecule has 5 heteroatoms. The molecule has 1 heterocycles. The number of carbonyl (C=O) groups excluding carboxylic acids is 3. The first-order valence-corrected chi connectivity index (χ1v) is 4.70. The Labute approximate surface area is 87.7 Å². The second-order valence-electron chi connectivity index (χ2n) is 3.67. The van der Waals surface area contributed by atoms with Gasteiger partial charge in [0.05, 0.1) is 6.61 Å². The lowest BCUT2D eigenvalue weighted by Crippen LogP contribution is -2.36. The van der Waals surface area contributed by atoms with E-state index in [-0.39, 0.29) is 12.5 Å². The molecule has 2 amide bonds. The van der Waals surface area contributed by atoms with Gasteiger partial charge >= 0.3 is 5.97 Å². The molecule has 82 valence electrons. The third kappa shape index (κ3) is 3.19. The topological polar surface area (TPSA) is 63.7 Å². The summed E-state index contributed by atoms with van der Waals surface area (Å²) in [6.45, 7) is 3.79. The van der Waals surface area contributed by atoms with E-state index in [1.54, 1.807) is 0 Å². The Morgan fingerprint density at radius 3 is 2.33 bits per heavy atom. The molecule has 0 radical (unpaired) electrons. The number of carbonyl (C=O) groups is 3. The van der Waals surface area contributed by atoms with Gasteiger partial charge in [-0.1, -0.05) is 13.8 Å². The molecule has 0 bridgehead atoms. The minimum atomic E-state index is -0.561. The van der Waals surface area contributed by atoms with Crippen LogP contribution in [0.1, 0.15) is 13.8 Å². The molecule has 0 spiro atoms. The molecule has 0 fully saturated rings. The summed E-state index contributed by atoms with van der Waals surface area (Å²) in [5.74, 6) is -1.27. The Kier molecular flexibility index (Phi) is 3.60. The van der Waals surface area contributed by atoms with Gasteiger partial charge in [-0.2, -0.15) is 0 Å². The van der Waals surface area contributed by atoms with Crippen molar-refractivity contribution in [3.63, 3.8) is 0 Å². The van der Waals surface area contributed by atoms with Gasteiger partial charge in [0.2, 0.25) is 0 Å². The van der Waals surface area contributed by atoms with E-state index in [2.05, 4.69) is 0 Å². The second-order valence-corrected chi connectivity index (χ2v) is 3.67. The van der Waals surface area contributed by atoms with Crippen LogP contribution >= 0.6 is 0 Å². The highest BCUT2D eigenvalue weighted by Gasteiger charge is 2.26. The van der Waals surface area contributed by atoms with Crippen molar-refractivity contribution in [2.75, 3.05) is 13.2 Å². The summed E-state index contributed by atoms with van der Waals surface area (Å²) in [7, 11) is 0. The molecule has 1 aliphatic rings. The lowest BCUT2D eigenvalue weighted by Gasteiger charge is -2.13. The van der Waals surface area contributed by atoms with Gasteiger partial charge in [-0.15, -0.1) is 0 Å². The number of rotatable bonds is 4. The zero-order chi connectivity index (χ0) is 11.4. The number of hydrogen-bond acceptors (Lipinski definition) is 4. The molecule has 0 N–H and O–H groups in total. The van der Waals surface area contributed by atoms with Gasteiger partial charge in [0.15, 0.2) is 0 Å². The Morgan fingerprint density at radius 2 is 1.87 bits per heavy atom. The SMILES string of the molecule is CC(C)COC(=O)CN1C(=O)C=CC1=O. The molecule has 0 saturated heterocycles. The van der Waals surface area contributed by atoms with E-state index < -0.39 is 17.8 Å². The van der Waals surface area contributed by atoms with Crippen LogP contribution in [0.3, 0.4) is 0 Å². The van der Waals surface area contributed by atoms with Crippen molar-refractivity contribution < 1.29 is 19.1 Å². The largest absolute Gasteiger partial charge is 0.464 e. The van der Waals surface area contributed by atoms with Crippen LogP contribution in [0.2, 0.25) is 0 Å². The van der Waals surface area contributed by atoms with Crippen molar-refractivity contribution in [1.29, 1.82) is 0 Å². The number of amides is 2. The van der Waals surface area contributed by atoms with Gasteiger partial charge in [0, 0.05) is 12.2 Å². The monoisotopic (exact) mass is 211 g/mol. The zero-order valence-electron chi connectivity index (χ0n) is 8.73. The number of nitrogens with zero attached hydrogens (tertiary/aromatic N) is 1. The molecule has 0 unspecified atom stereocenters. The average molecular weight is 211 g/mol. The van der Waals surface area contributed by atoms with Gasteiger partial charge in [0.25, 0.3) is 11.8 Å². The molecule has 5 nitrogen and oxygen atoms in total. The summed E-state index contributed by atoms with van der Waals surface area (Å²) < 4.78 is 4.85. The Bertz CT molecular complexity index is 301. The number of ether oxygens (including phenoxy) is 1. The second kappa shape index (κ2) is 4.72. The van der Waals surface area contributed by atoms with Crippen molar-refractivity contribution in [2.24, 2.45) is 5.92 Å². The first-order valence-electron chi connectivity index (χ1n) is 4.70. The van der Waals surface area contributed by atoms with E-state index >= 15 is 0 Å². The van der Waals surface area contributed by atoms with E-state index in [0.29, 0.717) is 6.61 Å². The fraction of sp³-hybridized carbons (Fsp3) is 0.500. The minimum absolute atomic E-state index is 0.233. The van der Waals surface area contributed by atoms with Crippen molar-refractivity contribution in [2.45, 2.75) is 13.8 Å². The average Bonchev–Trinajstić information content (AvgIpc) is 2.46. The van der Waals surface area contributed by atoms with Gasteiger partial charge in [0.1, 0.15) is 6.54 Å². The maximum absolute atomic E-state index is 11.2. The van der Waals surface area contributed by atoms with Crippen molar-refractivity contribution >= 4 is 17.8 Å². The molecule has 15 heavy (non-hydrogen) atoms. The molecule has 0 aromatic heterocycles. The fourth-order valence-electron chi connectivity index (χ4n) is 1.02. The predicted octanol–water partition coefficient (Wildman–Crippen LogP) is 0.111. The Balaban J connectivity index is 2.38. The summed E-state index contributed by atoms with van der Waals surface area (Å²) in [6, 6.07) is 0. The Hall–Kier alpha value is -1.65. The van der Waals surface area contributed by atoms with Crippen molar-refractivity contribution in [1.82, 2.24) is 4.90 Å². The maximum Gasteiger partial charge on any atom is 0.326 e. The number of hydrogen-bond donors (Lipinski definition) is 0. The van der Waals surface area contributed by atoms with Crippen LogP contribution in [0.4, 0.5) is 0 Å². The summed E-state index contributed by atoms with van der Waals surface area (Å²) in [4.78, 5) is 34.2. The highest BCUT2D eigenvalue weighted by atomic mass is 16.5. The first-order chi connectivity index (χ1) is 7.00. The van der Waals surface area contributed by atoms with Crippen LogP contribution in [0.15, 0.2) is 12.2 Å². The summed E-state index contributed by atoms with van der Waals surface area (Å²) in [5, 5.41) is 0. The maximum atomic E-state index is 11.2. The molecule has 0 aromatic carbocycles. The van der Waals surface area contributed by atoms with Crippen LogP contribution < -0.4 is 0 Å².